The molecule has 1 aliphatic rings. The molecule has 1 unspecified atom stereocenters. The van der Waals surface area contributed by atoms with Crippen molar-refractivity contribution in [3.8, 4) is 0 Å². The monoisotopic (exact) mass is 190 g/mol. The van der Waals surface area contributed by atoms with Crippen LogP contribution in [-0.4, -0.2) is 14.3 Å². The summed E-state index contributed by atoms with van der Waals surface area (Å²) in [7, 11) is 0. The maximum atomic E-state index is 12.1. The lowest BCUT2D eigenvalue weighted by Crippen LogP contribution is -2.16. The minimum atomic E-state index is -3.30. The largest absolute Gasteiger partial charge is 0.339 e. The molecule has 1 fully saturated rings. The van der Waals surface area contributed by atoms with Gasteiger partial charge in [0.1, 0.15) is 3.53 Å². The molecule has 0 spiro atoms. The lowest BCUT2D eigenvalue weighted by atomic mass is 10.8. The van der Waals surface area contributed by atoms with Gasteiger partial charge >= 0.3 is 5.25 Å². The van der Waals surface area contributed by atoms with Crippen molar-refractivity contribution >= 4 is 39.3 Å². The molecule has 0 aliphatic carbocycles. The number of hydrogen-bond acceptors (Lipinski definition) is 3. The van der Waals surface area contributed by atoms with Crippen molar-refractivity contribution in [3.05, 3.63) is 0 Å². The van der Waals surface area contributed by atoms with Crippen LogP contribution in [0, 0.1) is 0 Å². The van der Waals surface area contributed by atoms with Gasteiger partial charge in [0.2, 0.25) is 5.50 Å². The van der Waals surface area contributed by atoms with E-state index < -0.39 is 10.8 Å². The van der Waals surface area contributed by atoms with Gasteiger partial charge in [-0.05, 0) is 11.8 Å². The highest BCUT2D eigenvalue weighted by atomic mass is 32.2. The maximum Gasteiger partial charge on any atom is 0.339 e. The normalized spacial score (nSPS) is 33.2. The Morgan fingerprint density at radius 3 is 2.22 bits per heavy atom. The molecule has 0 bridgehead atoms. The van der Waals surface area contributed by atoms with Gasteiger partial charge in [-0.1, -0.05) is 24.0 Å². The second-order valence-corrected chi connectivity index (χ2v) is 4.75. The van der Waals surface area contributed by atoms with Gasteiger partial charge in [-0.3, -0.25) is 0 Å². The molecule has 0 nitrogen and oxygen atoms in total. The summed E-state index contributed by atoms with van der Waals surface area (Å²) in [5, 5.41) is -3.30. The maximum absolute atomic E-state index is 12.1. The fraction of sp³-hybridized carbons (Fsp3) is 0.667. The van der Waals surface area contributed by atoms with Crippen molar-refractivity contribution < 1.29 is 13.2 Å². The predicted octanol–water partition coefficient (Wildman–Crippen LogP) is 2.64. The summed E-state index contributed by atoms with van der Waals surface area (Å²) in [6.45, 7) is 0. The Morgan fingerprint density at radius 1 is 1.56 bits per heavy atom. The van der Waals surface area contributed by atoms with Crippen molar-refractivity contribution in [2.24, 2.45) is 0 Å². The topological polar surface area (TPSA) is 0 Å². The SMILES string of the molecule is FC1SC(=S)SC1(F)F. The Hall–Kier alpha value is 0.580. The minimum absolute atomic E-state index is 0.0208. The summed E-state index contributed by atoms with van der Waals surface area (Å²) in [6.07, 6.45) is 0. The van der Waals surface area contributed by atoms with E-state index in [1.165, 1.54) is 0 Å². The molecule has 0 radical (unpaired) electrons. The predicted molar refractivity (Wildman–Crippen MR) is 37.6 cm³/mol. The van der Waals surface area contributed by atoms with Crippen molar-refractivity contribution in [1.29, 1.82) is 0 Å². The summed E-state index contributed by atoms with van der Waals surface area (Å²) in [6, 6.07) is 0. The second-order valence-electron chi connectivity index (χ2n) is 1.35. The summed E-state index contributed by atoms with van der Waals surface area (Å²) in [4.78, 5) is 0. The van der Waals surface area contributed by atoms with Crippen molar-refractivity contribution in [2.45, 2.75) is 10.8 Å². The fourth-order valence-electron chi connectivity index (χ4n) is 0.335. The van der Waals surface area contributed by atoms with E-state index in [0.29, 0.717) is 11.8 Å². The van der Waals surface area contributed by atoms with Gasteiger partial charge in [-0.15, -0.1) is 0 Å². The molecule has 9 heavy (non-hydrogen) atoms. The fourth-order valence-corrected chi connectivity index (χ4v) is 2.61. The second kappa shape index (κ2) is 2.32. The minimum Gasteiger partial charge on any atom is -0.227 e. The zero-order valence-corrected chi connectivity index (χ0v) is 6.39. The van der Waals surface area contributed by atoms with Gasteiger partial charge in [0, 0.05) is 0 Å². The van der Waals surface area contributed by atoms with Crippen LogP contribution in [0.15, 0.2) is 0 Å². The molecule has 1 rings (SSSR count). The standard InChI is InChI=1S/C3HF3S3/c4-1-3(5,6)9-2(7)8-1/h1H. The molecule has 1 heterocycles. The van der Waals surface area contributed by atoms with Crippen molar-refractivity contribution in [2.75, 3.05) is 0 Å². The van der Waals surface area contributed by atoms with Crippen LogP contribution in [0.2, 0.25) is 0 Å². The molecule has 0 saturated carbocycles. The van der Waals surface area contributed by atoms with Crippen LogP contribution in [-0.2, 0) is 0 Å². The smallest absolute Gasteiger partial charge is 0.227 e. The third-order valence-corrected chi connectivity index (χ3v) is 3.25. The number of rotatable bonds is 0. The summed E-state index contributed by atoms with van der Waals surface area (Å²) in [5.74, 6) is 0. The number of alkyl halides is 3. The lowest BCUT2D eigenvalue weighted by molar-refractivity contribution is 0.0604. The van der Waals surface area contributed by atoms with Crippen LogP contribution in [0.5, 0.6) is 0 Å². The van der Waals surface area contributed by atoms with Crippen molar-refractivity contribution in [1.82, 2.24) is 0 Å². The number of thiocarbonyl (C=S) groups is 1. The van der Waals surface area contributed by atoms with Crippen LogP contribution in [0.1, 0.15) is 0 Å². The molecule has 0 N–H and O–H groups in total. The van der Waals surface area contributed by atoms with E-state index >= 15 is 0 Å². The Labute approximate surface area is 63.6 Å². The molecule has 52 valence electrons. The highest BCUT2D eigenvalue weighted by Gasteiger charge is 2.49. The first-order valence-corrected chi connectivity index (χ1v) is 4.04. The number of thioether (sulfide) groups is 2. The molecule has 1 aliphatic heterocycles. The van der Waals surface area contributed by atoms with Gasteiger partial charge in [-0.25, -0.2) is 4.39 Å². The zero-order valence-electron chi connectivity index (χ0n) is 3.94. The third-order valence-electron chi connectivity index (χ3n) is 0.683. The molecule has 0 aromatic heterocycles. The van der Waals surface area contributed by atoms with Gasteiger partial charge in [0.15, 0.2) is 0 Å². The molecule has 1 saturated heterocycles. The molecule has 6 heteroatoms. The Kier molecular flexibility index (Phi) is 1.98. The molecule has 0 aromatic carbocycles. The quantitative estimate of drug-likeness (QED) is 0.539. The van der Waals surface area contributed by atoms with E-state index in [9.17, 15) is 13.2 Å². The van der Waals surface area contributed by atoms with E-state index in [1.807, 2.05) is 0 Å². The number of halogens is 3. The van der Waals surface area contributed by atoms with Crippen LogP contribution in [0.4, 0.5) is 13.2 Å². The van der Waals surface area contributed by atoms with E-state index in [-0.39, 0.29) is 15.3 Å². The van der Waals surface area contributed by atoms with E-state index in [0.717, 1.165) is 0 Å². The first-order chi connectivity index (χ1) is 4.02. The number of hydrogen-bond donors (Lipinski definition) is 0. The Morgan fingerprint density at radius 2 is 2.11 bits per heavy atom. The van der Waals surface area contributed by atoms with Gasteiger partial charge in [0.05, 0.1) is 0 Å². The Bertz CT molecular complexity index is 145. The van der Waals surface area contributed by atoms with E-state index in [4.69, 9.17) is 0 Å². The van der Waals surface area contributed by atoms with E-state index in [1.54, 1.807) is 0 Å². The molecular formula is C3HF3S3. The average Bonchev–Trinajstić information content (AvgIpc) is 1.79. The highest BCUT2D eigenvalue weighted by Crippen LogP contribution is 2.50. The summed E-state index contributed by atoms with van der Waals surface area (Å²) >= 11 is 4.87. The lowest BCUT2D eigenvalue weighted by Gasteiger charge is -2.05. The third kappa shape index (κ3) is 1.53. The first kappa shape index (κ1) is 7.68. The van der Waals surface area contributed by atoms with Gasteiger partial charge < -0.3 is 0 Å². The van der Waals surface area contributed by atoms with E-state index in [2.05, 4.69) is 12.2 Å². The summed E-state index contributed by atoms with van der Waals surface area (Å²) in [5.41, 5.74) is -2.16. The van der Waals surface area contributed by atoms with Crippen LogP contribution in [0.3, 0.4) is 0 Å². The van der Waals surface area contributed by atoms with Gasteiger partial charge in [0.25, 0.3) is 0 Å². The van der Waals surface area contributed by atoms with Crippen LogP contribution < -0.4 is 0 Å². The van der Waals surface area contributed by atoms with Crippen molar-refractivity contribution in [3.63, 3.8) is 0 Å². The Balaban J connectivity index is 2.69. The first-order valence-electron chi connectivity index (χ1n) is 1.94. The molecule has 0 amide bonds. The molecular weight excluding hydrogens is 189 g/mol. The van der Waals surface area contributed by atoms with Gasteiger partial charge in [-0.2, -0.15) is 8.78 Å². The zero-order chi connectivity index (χ0) is 7.07. The van der Waals surface area contributed by atoms with Crippen LogP contribution in [0.25, 0.3) is 0 Å². The average molecular weight is 190 g/mol. The van der Waals surface area contributed by atoms with Crippen LogP contribution >= 0.6 is 35.7 Å². The molecule has 1 atom stereocenters. The molecule has 0 aromatic rings. The highest BCUT2D eigenvalue weighted by molar-refractivity contribution is 8.50. The summed E-state index contributed by atoms with van der Waals surface area (Å²) < 4.78 is 36.2.